The lowest BCUT2D eigenvalue weighted by Gasteiger charge is -2.10. The van der Waals surface area contributed by atoms with E-state index in [-0.39, 0.29) is 5.89 Å². The summed E-state index contributed by atoms with van der Waals surface area (Å²) in [7, 11) is 4.79. The Morgan fingerprint density at radius 2 is 1.60 bits per heavy atom. The largest absolute Gasteiger partial charge is 0.497 e. The molecular weight excluding hydrogens is 386 g/mol. The van der Waals surface area contributed by atoms with E-state index in [2.05, 4.69) is 25.7 Å². The van der Waals surface area contributed by atoms with Crippen LogP contribution in [0.5, 0.6) is 17.2 Å². The second-order valence-electron chi connectivity index (χ2n) is 6.15. The SMILES string of the molecule is COc1ccc(-c2noc(-c3ccc(Nc4ccc(OC)c(OC)c4)nn3)n2)cc1. The van der Waals surface area contributed by atoms with Gasteiger partial charge in [-0.05, 0) is 48.5 Å². The van der Waals surface area contributed by atoms with Crippen molar-refractivity contribution >= 4 is 11.5 Å². The molecule has 2 aromatic heterocycles. The molecule has 0 atom stereocenters. The van der Waals surface area contributed by atoms with Gasteiger partial charge in [0.1, 0.15) is 5.75 Å². The number of benzene rings is 2. The molecule has 0 saturated carbocycles. The lowest BCUT2D eigenvalue weighted by atomic mass is 10.2. The minimum absolute atomic E-state index is 0.283. The first-order valence-electron chi connectivity index (χ1n) is 9.01. The Bertz CT molecular complexity index is 1130. The summed E-state index contributed by atoms with van der Waals surface area (Å²) in [4.78, 5) is 4.39. The van der Waals surface area contributed by atoms with Gasteiger partial charge in [0, 0.05) is 17.3 Å². The first-order valence-corrected chi connectivity index (χ1v) is 9.01. The van der Waals surface area contributed by atoms with Crippen molar-refractivity contribution in [2.24, 2.45) is 0 Å². The molecule has 0 aliphatic carbocycles. The minimum Gasteiger partial charge on any atom is -0.497 e. The molecule has 1 N–H and O–H groups in total. The minimum atomic E-state index is 0.283. The van der Waals surface area contributed by atoms with E-state index in [4.69, 9.17) is 18.7 Å². The number of ether oxygens (including phenoxy) is 3. The third-order valence-corrected chi connectivity index (χ3v) is 4.31. The number of rotatable bonds is 7. The second kappa shape index (κ2) is 8.48. The van der Waals surface area contributed by atoms with Crippen molar-refractivity contribution in [1.82, 2.24) is 20.3 Å². The Labute approximate surface area is 172 Å². The van der Waals surface area contributed by atoms with Gasteiger partial charge < -0.3 is 24.1 Å². The molecule has 0 radical (unpaired) electrons. The molecule has 0 aliphatic heterocycles. The Kier molecular flexibility index (Phi) is 5.42. The summed E-state index contributed by atoms with van der Waals surface area (Å²) in [6.07, 6.45) is 0. The zero-order chi connectivity index (χ0) is 20.9. The van der Waals surface area contributed by atoms with E-state index in [0.29, 0.717) is 28.8 Å². The predicted molar refractivity (Wildman–Crippen MR) is 110 cm³/mol. The predicted octanol–water partition coefficient (Wildman–Crippen LogP) is 3.96. The van der Waals surface area contributed by atoms with Crippen molar-refractivity contribution in [3.63, 3.8) is 0 Å². The molecule has 0 bridgehead atoms. The van der Waals surface area contributed by atoms with Crippen LogP contribution in [0.4, 0.5) is 11.5 Å². The molecule has 0 fully saturated rings. The van der Waals surface area contributed by atoms with Gasteiger partial charge in [0.05, 0.1) is 21.3 Å². The molecule has 0 spiro atoms. The Morgan fingerprint density at radius 3 is 2.27 bits per heavy atom. The first-order chi connectivity index (χ1) is 14.7. The standard InChI is InChI=1S/C21H19N5O4/c1-27-15-7-4-13(5-8-15)20-23-21(30-26-20)16-9-11-19(25-24-16)22-14-6-10-17(28-2)18(12-14)29-3/h4-12H,1-3H3,(H,22,25). The number of nitrogens with one attached hydrogen (secondary N) is 1. The highest BCUT2D eigenvalue weighted by Crippen LogP contribution is 2.31. The van der Waals surface area contributed by atoms with Crippen molar-refractivity contribution in [2.75, 3.05) is 26.6 Å². The zero-order valence-corrected chi connectivity index (χ0v) is 16.6. The van der Waals surface area contributed by atoms with E-state index in [1.165, 1.54) is 0 Å². The van der Waals surface area contributed by atoms with Gasteiger partial charge in [0.2, 0.25) is 5.82 Å². The molecular formula is C21H19N5O4. The highest BCUT2D eigenvalue weighted by Gasteiger charge is 2.13. The van der Waals surface area contributed by atoms with Crippen molar-refractivity contribution in [3.05, 3.63) is 54.6 Å². The topological polar surface area (TPSA) is 104 Å². The van der Waals surface area contributed by atoms with E-state index >= 15 is 0 Å². The van der Waals surface area contributed by atoms with Crippen LogP contribution in [0, 0.1) is 0 Å². The van der Waals surface area contributed by atoms with Crippen LogP contribution in [0.15, 0.2) is 59.1 Å². The van der Waals surface area contributed by atoms with Crippen molar-refractivity contribution < 1.29 is 18.7 Å². The van der Waals surface area contributed by atoms with E-state index in [0.717, 1.165) is 17.0 Å². The summed E-state index contributed by atoms with van der Waals surface area (Å²) in [5.41, 5.74) is 2.07. The summed E-state index contributed by atoms with van der Waals surface area (Å²) < 4.78 is 21.0. The molecule has 4 aromatic rings. The van der Waals surface area contributed by atoms with E-state index < -0.39 is 0 Å². The van der Waals surface area contributed by atoms with Crippen LogP contribution in [-0.4, -0.2) is 41.7 Å². The maximum absolute atomic E-state index is 5.33. The lowest BCUT2D eigenvalue weighted by Crippen LogP contribution is -1.98. The number of anilines is 2. The molecule has 0 aliphatic rings. The number of methoxy groups -OCH3 is 3. The number of hydrogen-bond donors (Lipinski definition) is 1. The fourth-order valence-corrected chi connectivity index (χ4v) is 2.76. The molecule has 4 rings (SSSR count). The molecule has 0 unspecified atom stereocenters. The van der Waals surface area contributed by atoms with Gasteiger partial charge in [-0.2, -0.15) is 4.98 Å². The van der Waals surface area contributed by atoms with Gasteiger partial charge in [-0.25, -0.2) is 0 Å². The summed E-state index contributed by atoms with van der Waals surface area (Å²) in [6.45, 7) is 0. The Morgan fingerprint density at radius 1 is 0.800 bits per heavy atom. The number of hydrogen-bond acceptors (Lipinski definition) is 9. The molecule has 2 heterocycles. The van der Waals surface area contributed by atoms with Crippen molar-refractivity contribution in [1.29, 1.82) is 0 Å². The van der Waals surface area contributed by atoms with Gasteiger partial charge in [-0.1, -0.05) is 5.16 Å². The second-order valence-corrected chi connectivity index (χ2v) is 6.15. The van der Waals surface area contributed by atoms with Gasteiger partial charge in [0.25, 0.3) is 5.89 Å². The lowest BCUT2D eigenvalue weighted by molar-refractivity contribution is 0.355. The van der Waals surface area contributed by atoms with Gasteiger partial charge in [0.15, 0.2) is 23.0 Å². The summed E-state index contributed by atoms with van der Waals surface area (Å²) in [5, 5.41) is 15.5. The van der Waals surface area contributed by atoms with Crippen LogP contribution < -0.4 is 19.5 Å². The number of nitrogens with zero attached hydrogens (tertiary/aromatic N) is 4. The fourth-order valence-electron chi connectivity index (χ4n) is 2.76. The summed E-state index contributed by atoms with van der Waals surface area (Å²) in [5.74, 6) is 3.32. The molecule has 9 heteroatoms. The zero-order valence-electron chi connectivity index (χ0n) is 16.6. The van der Waals surface area contributed by atoms with Crippen molar-refractivity contribution in [3.8, 4) is 40.2 Å². The average molecular weight is 405 g/mol. The van der Waals surface area contributed by atoms with Gasteiger partial charge >= 0.3 is 0 Å². The van der Waals surface area contributed by atoms with Crippen LogP contribution in [0.25, 0.3) is 23.0 Å². The third-order valence-electron chi connectivity index (χ3n) is 4.31. The average Bonchev–Trinajstić information content (AvgIpc) is 3.30. The van der Waals surface area contributed by atoms with Gasteiger partial charge in [-0.3, -0.25) is 0 Å². The fraction of sp³-hybridized carbons (Fsp3) is 0.143. The maximum atomic E-state index is 5.33. The summed E-state index contributed by atoms with van der Waals surface area (Å²) >= 11 is 0. The third kappa shape index (κ3) is 4.00. The maximum Gasteiger partial charge on any atom is 0.278 e. The molecule has 0 amide bonds. The smallest absolute Gasteiger partial charge is 0.278 e. The van der Waals surface area contributed by atoms with Crippen LogP contribution in [0.3, 0.4) is 0 Å². The van der Waals surface area contributed by atoms with Crippen LogP contribution in [0.2, 0.25) is 0 Å². The van der Waals surface area contributed by atoms with Crippen LogP contribution in [0.1, 0.15) is 0 Å². The monoisotopic (exact) mass is 405 g/mol. The van der Waals surface area contributed by atoms with Crippen molar-refractivity contribution in [2.45, 2.75) is 0 Å². The highest BCUT2D eigenvalue weighted by molar-refractivity contribution is 5.63. The van der Waals surface area contributed by atoms with E-state index in [1.807, 2.05) is 42.5 Å². The molecule has 9 nitrogen and oxygen atoms in total. The summed E-state index contributed by atoms with van der Waals surface area (Å²) in [6, 6.07) is 16.4. The molecule has 0 saturated heterocycles. The quantitative estimate of drug-likeness (QED) is 0.489. The first kappa shape index (κ1) is 19.2. The Balaban J connectivity index is 1.49. The van der Waals surface area contributed by atoms with Crippen LogP contribution in [-0.2, 0) is 0 Å². The Hall–Kier alpha value is -4.14. The normalized spacial score (nSPS) is 10.5. The van der Waals surface area contributed by atoms with E-state index in [9.17, 15) is 0 Å². The molecule has 2 aromatic carbocycles. The molecule has 152 valence electrons. The highest BCUT2D eigenvalue weighted by atomic mass is 16.5. The van der Waals surface area contributed by atoms with Gasteiger partial charge in [-0.15, -0.1) is 10.2 Å². The van der Waals surface area contributed by atoms with E-state index in [1.54, 1.807) is 33.5 Å². The van der Waals surface area contributed by atoms with Crippen LogP contribution >= 0.6 is 0 Å². The molecule has 30 heavy (non-hydrogen) atoms. The number of aromatic nitrogens is 4.